The van der Waals surface area contributed by atoms with Crippen molar-refractivity contribution in [2.45, 2.75) is 0 Å². The highest BCUT2D eigenvalue weighted by Crippen LogP contribution is 2.44. The van der Waals surface area contributed by atoms with E-state index >= 15 is 0 Å². The molecule has 226 valence electrons. The molecule has 8 aromatic carbocycles. The summed E-state index contributed by atoms with van der Waals surface area (Å²) < 4.78 is 15.0. The number of hydrogen-bond acceptors (Lipinski definition) is 2. The van der Waals surface area contributed by atoms with Crippen LogP contribution in [0.4, 0.5) is 0 Å². The number of rotatable bonds is 5. The van der Waals surface area contributed by atoms with Crippen LogP contribution in [0.2, 0.25) is 0 Å². The monoisotopic (exact) mass is 631 g/mol. The van der Waals surface area contributed by atoms with E-state index in [1.165, 1.54) is 26.9 Å². The number of pyridine rings is 1. The van der Waals surface area contributed by atoms with Gasteiger partial charge in [0.25, 0.3) is 0 Å². The number of hydrogen-bond donors (Lipinski definition) is 0. The van der Waals surface area contributed by atoms with Crippen molar-refractivity contribution in [1.82, 2.24) is 4.98 Å². The molecule has 0 saturated heterocycles. The molecule has 48 heavy (non-hydrogen) atoms. The van der Waals surface area contributed by atoms with E-state index in [1.807, 2.05) is 78.9 Å². The summed E-state index contributed by atoms with van der Waals surface area (Å²) in [4.78, 5) is 5.46. The predicted octanol–water partition coefficient (Wildman–Crippen LogP) is 10.7. The van der Waals surface area contributed by atoms with Gasteiger partial charge in [-0.15, -0.1) is 0 Å². The van der Waals surface area contributed by atoms with Crippen LogP contribution >= 0.6 is 7.14 Å². The fourth-order valence-corrected chi connectivity index (χ4v) is 9.87. The van der Waals surface area contributed by atoms with Crippen molar-refractivity contribution in [2.75, 3.05) is 0 Å². The minimum Gasteiger partial charge on any atom is -0.309 e. The Bertz CT molecular complexity index is 2630. The van der Waals surface area contributed by atoms with Gasteiger partial charge in [0.1, 0.15) is 0 Å². The topological polar surface area (TPSA) is 30.0 Å². The molecule has 0 unspecified atom stereocenters. The second-order valence-corrected chi connectivity index (χ2v) is 15.0. The highest BCUT2D eigenvalue weighted by molar-refractivity contribution is 7.85. The van der Waals surface area contributed by atoms with Crippen molar-refractivity contribution in [1.29, 1.82) is 0 Å². The lowest BCUT2D eigenvalue weighted by atomic mass is 9.91. The van der Waals surface area contributed by atoms with Gasteiger partial charge < -0.3 is 4.57 Å². The van der Waals surface area contributed by atoms with Gasteiger partial charge in [0, 0.05) is 37.6 Å². The van der Waals surface area contributed by atoms with Gasteiger partial charge in [-0.2, -0.15) is 0 Å². The Balaban J connectivity index is 1.27. The summed E-state index contributed by atoms with van der Waals surface area (Å²) in [6.07, 6.45) is 0. The van der Waals surface area contributed by atoms with E-state index < -0.39 is 7.14 Å². The molecule has 0 atom stereocenters. The van der Waals surface area contributed by atoms with Gasteiger partial charge in [-0.3, -0.25) is 0 Å². The van der Waals surface area contributed by atoms with E-state index in [9.17, 15) is 4.57 Å². The van der Waals surface area contributed by atoms with Crippen LogP contribution in [0.15, 0.2) is 182 Å². The smallest absolute Gasteiger partial charge is 0.171 e. The SMILES string of the molecule is O=P(c1ccccc1)(c1ccccc1)c1ccc(-c2ccc3c(c2)c(-c2ccccc2)nc2c4ccccc4c4ccccc4c32)cc1. The normalized spacial score (nSPS) is 11.8. The second-order valence-electron chi connectivity index (χ2n) is 12.2. The van der Waals surface area contributed by atoms with Crippen molar-refractivity contribution in [3.05, 3.63) is 182 Å². The van der Waals surface area contributed by atoms with Crippen molar-refractivity contribution in [3.8, 4) is 22.4 Å². The maximum atomic E-state index is 15.0. The minimum atomic E-state index is -3.06. The molecule has 0 aliphatic carbocycles. The molecule has 0 bridgehead atoms. The molecule has 0 saturated carbocycles. The molecule has 0 aliphatic rings. The highest BCUT2D eigenvalue weighted by atomic mass is 31.2. The Hall–Kier alpha value is -5.82. The average Bonchev–Trinajstić information content (AvgIpc) is 3.18. The van der Waals surface area contributed by atoms with Gasteiger partial charge >= 0.3 is 0 Å². The lowest BCUT2D eigenvalue weighted by Gasteiger charge is -2.20. The first-order chi connectivity index (χ1) is 23.7. The zero-order valence-electron chi connectivity index (χ0n) is 26.1. The summed E-state index contributed by atoms with van der Waals surface area (Å²) >= 11 is 0. The third-order valence-corrected chi connectivity index (χ3v) is 12.6. The van der Waals surface area contributed by atoms with Crippen molar-refractivity contribution < 1.29 is 4.57 Å². The van der Waals surface area contributed by atoms with Gasteiger partial charge in [-0.05, 0) is 38.7 Å². The fraction of sp³-hybridized carbons (Fsp3) is 0. The molecular weight excluding hydrogens is 601 g/mol. The van der Waals surface area contributed by atoms with Gasteiger partial charge in [0.2, 0.25) is 0 Å². The largest absolute Gasteiger partial charge is 0.309 e. The Labute approximate surface area is 279 Å². The molecule has 0 amide bonds. The molecule has 0 radical (unpaired) electrons. The van der Waals surface area contributed by atoms with Crippen molar-refractivity contribution >= 4 is 66.3 Å². The Morgan fingerprint density at radius 1 is 0.354 bits per heavy atom. The standard InChI is InChI=1S/C45H30NOP/c47-48(34-16-6-2-7-17-34,35-18-8-3-9-19-35)36-27-24-31(25-28-36)33-26-29-40-42(30-33)44(32-14-4-1-5-15-32)46-45-41-23-13-11-21-38(41)37-20-10-12-22-39(37)43(40)45/h1-30H. The summed E-state index contributed by atoms with van der Waals surface area (Å²) in [5.41, 5.74) is 5.23. The molecule has 1 heterocycles. The highest BCUT2D eigenvalue weighted by Gasteiger charge is 2.29. The first-order valence-electron chi connectivity index (χ1n) is 16.2. The van der Waals surface area contributed by atoms with E-state index in [0.717, 1.165) is 54.6 Å². The fourth-order valence-electron chi connectivity index (χ4n) is 7.22. The Morgan fingerprint density at radius 2 is 0.812 bits per heavy atom. The van der Waals surface area contributed by atoms with E-state index in [0.29, 0.717) is 0 Å². The van der Waals surface area contributed by atoms with Crippen LogP contribution in [0, 0.1) is 0 Å². The van der Waals surface area contributed by atoms with Gasteiger partial charge in [0.05, 0.1) is 11.2 Å². The zero-order valence-corrected chi connectivity index (χ0v) is 27.0. The Kier molecular flexibility index (Phi) is 6.78. The predicted molar refractivity (Wildman–Crippen MR) is 205 cm³/mol. The van der Waals surface area contributed by atoms with Crippen LogP contribution in [-0.2, 0) is 4.57 Å². The molecule has 0 spiro atoms. The average molecular weight is 632 g/mol. The summed E-state index contributed by atoms with van der Waals surface area (Å²) in [5, 5.41) is 10.8. The maximum Gasteiger partial charge on any atom is 0.171 e. The maximum absolute atomic E-state index is 15.0. The molecule has 1 aromatic heterocycles. The lowest BCUT2D eigenvalue weighted by molar-refractivity contribution is 0.592. The van der Waals surface area contributed by atoms with Crippen molar-refractivity contribution in [3.63, 3.8) is 0 Å². The number of nitrogens with zero attached hydrogens (tertiary/aromatic N) is 1. The van der Waals surface area contributed by atoms with E-state index in [4.69, 9.17) is 4.98 Å². The van der Waals surface area contributed by atoms with Crippen LogP contribution < -0.4 is 15.9 Å². The van der Waals surface area contributed by atoms with Crippen LogP contribution in [-0.4, -0.2) is 4.98 Å². The van der Waals surface area contributed by atoms with E-state index in [-0.39, 0.29) is 0 Å². The van der Waals surface area contributed by atoms with Crippen LogP contribution in [0.1, 0.15) is 0 Å². The third-order valence-electron chi connectivity index (χ3n) is 9.52. The molecule has 0 aliphatic heterocycles. The summed E-state index contributed by atoms with van der Waals surface area (Å²) in [6, 6.07) is 62.5. The van der Waals surface area contributed by atoms with Crippen LogP contribution in [0.5, 0.6) is 0 Å². The van der Waals surface area contributed by atoms with E-state index in [1.54, 1.807) is 0 Å². The molecule has 0 fully saturated rings. The van der Waals surface area contributed by atoms with Crippen LogP contribution in [0.3, 0.4) is 0 Å². The quantitative estimate of drug-likeness (QED) is 0.140. The van der Waals surface area contributed by atoms with E-state index in [2.05, 4.69) is 103 Å². The number of benzene rings is 8. The minimum absolute atomic E-state index is 0.820. The lowest BCUT2D eigenvalue weighted by Crippen LogP contribution is -2.24. The number of aromatic nitrogens is 1. The molecule has 0 N–H and O–H groups in total. The molecule has 2 nitrogen and oxygen atoms in total. The second kappa shape index (κ2) is 11.5. The van der Waals surface area contributed by atoms with Crippen molar-refractivity contribution in [2.24, 2.45) is 0 Å². The first-order valence-corrected chi connectivity index (χ1v) is 18.0. The molecular formula is C45H30NOP. The molecule has 9 rings (SSSR count). The first kappa shape index (κ1) is 28.4. The summed E-state index contributed by atoms with van der Waals surface area (Å²) in [5.74, 6) is 0. The van der Waals surface area contributed by atoms with Gasteiger partial charge in [-0.1, -0.05) is 176 Å². The molecule has 3 heteroatoms. The summed E-state index contributed by atoms with van der Waals surface area (Å²) in [6.45, 7) is 0. The van der Waals surface area contributed by atoms with Gasteiger partial charge in [0.15, 0.2) is 7.14 Å². The Morgan fingerprint density at radius 3 is 1.44 bits per heavy atom. The van der Waals surface area contributed by atoms with Crippen LogP contribution in [0.25, 0.3) is 65.6 Å². The third kappa shape index (κ3) is 4.49. The zero-order chi connectivity index (χ0) is 32.1. The molecule has 9 aromatic rings. The van der Waals surface area contributed by atoms with Gasteiger partial charge in [-0.25, -0.2) is 4.98 Å². The number of fused-ring (bicyclic) bond motifs is 8. The summed E-state index contributed by atoms with van der Waals surface area (Å²) in [7, 11) is -3.06.